The van der Waals surface area contributed by atoms with Gasteiger partial charge in [-0.3, -0.25) is 4.79 Å². The molecule has 1 aromatic rings. The van der Waals surface area contributed by atoms with Gasteiger partial charge in [0, 0.05) is 13.5 Å². The molecule has 0 unspecified atom stereocenters. The third kappa shape index (κ3) is 3.43. The second-order valence-corrected chi connectivity index (χ2v) is 6.79. The first-order valence-electron chi connectivity index (χ1n) is 6.22. The number of amides is 1. The third-order valence-corrected chi connectivity index (χ3v) is 4.38. The first-order chi connectivity index (χ1) is 9.38. The second-order valence-electron chi connectivity index (χ2n) is 4.70. The Balaban J connectivity index is 2.05. The summed E-state index contributed by atoms with van der Waals surface area (Å²) in [6.45, 7) is 0.297. The largest absolute Gasteiger partial charge is 0.271 e. The Kier molecular flexibility index (Phi) is 4.20. The van der Waals surface area contributed by atoms with Crippen molar-refractivity contribution < 1.29 is 13.2 Å². The Hall–Kier alpha value is -1.73. The van der Waals surface area contributed by atoms with Gasteiger partial charge in [0.15, 0.2) is 0 Å². The zero-order valence-electron chi connectivity index (χ0n) is 11.5. The van der Waals surface area contributed by atoms with Crippen LogP contribution < -0.4 is 0 Å². The molecule has 0 atom stereocenters. The van der Waals surface area contributed by atoms with Crippen LogP contribution in [-0.2, 0) is 14.8 Å². The van der Waals surface area contributed by atoms with Crippen LogP contribution in [0.3, 0.4) is 0 Å². The van der Waals surface area contributed by atoms with Crippen LogP contribution in [0.5, 0.6) is 0 Å². The van der Waals surface area contributed by atoms with Gasteiger partial charge in [-0.1, -0.05) is 30.3 Å². The van der Waals surface area contributed by atoms with Crippen molar-refractivity contribution >= 4 is 21.6 Å². The molecule has 0 saturated heterocycles. The first kappa shape index (κ1) is 14.7. The van der Waals surface area contributed by atoms with E-state index in [0.717, 1.165) is 21.8 Å². The van der Waals surface area contributed by atoms with E-state index >= 15 is 0 Å². The number of hydrazone groups is 1. The third-order valence-electron chi connectivity index (χ3n) is 3.12. The molecule has 0 radical (unpaired) electrons. The molecule has 0 aromatic heterocycles. The van der Waals surface area contributed by atoms with Crippen LogP contribution in [0.2, 0.25) is 0 Å². The van der Waals surface area contributed by atoms with Crippen LogP contribution in [0.15, 0.2) is 35.4 Å². The van der Waals surface area contributed by atoms with Crippen LogP contribution >= 0.6 is 0 Å². The fraction of sp³-hybridized carbons (Fsp3) is 0.385. The Labute approximate surface area is 118 Å². The van der Waals surface area contributed by atoms with Gasteiger partial charge < -0.3 is 0 Å². The van der Waals surface area contributed by atoms with E-state index in [1.807, 2.05) is 30.3 Å². The summed E-state index contributed by atoms with van der Waals surface area (Å²) in [5.74, 6) is -0.316. The second kappa shape index (κ2) is 5.72. The molecule has 0 spiro atoms. The number of carbonyl (C=O) groups excluding carboxylic acids is 1. The van der Waals surface area contributed by atoms with Crippen LogP contribution in [0.4, 0.5) is 0 Å². The van der Waals surface area contributed by atoms with Crippen molar-refractivity contribution in [3.63, 3.8) is 0 Å². The van der Waals surface area contributed by atoms with Gasteiger partial charge in [0.2, 0.25) is 10.0 Å². The summed E-state index contributed by atoms with van der Waals surface area (Å²) in [5.41, 5.74) is 1.83. The minimum Gasteiger partial charge on any atom is -0.271 e. The highest BCUT2D eigenvalue weighted by Gasteiger charge is 2.24. The standard InChI is InChI=1S/C13H17N3O3S/c1-15(20(2,18)19)10-13(17)16-9-8-12(14-16)11-6-4-3-5-7-11/h3-7H,8-10H2,1-2H3. The fourth-order valence-electron chi connectivity index (χ4n) is 1.86. The average Bonchev–Trinajstić information content (AvgIpc) is 2.88. The monoisotopic (exact) mass is 295 g/mol. The molecular weight excluding hydrogens is 278 g/mol. The molecular formula is C13H17N3O3S. The quantitative estimate of drug-likeness (QED) is 0.813. The lowest BCUT2D eigenvalue weighted by atomic mass is 10.1. The van der Waals surface area contributed by atoms with Crippen molar-refractivity contribution in [2.75, 3.05) is 26.4 Å². The molecule has 6 nitrogen and oxygen atoms in total. The normalized spacial score (nSPS) is 15.6. The molecule has 1 aliphatic rings. The summed E-state index contributed by atoms with van der Waals surface area (Å²) < 4.78 is 23.6. The van der Waals surface area contributed by atoms with Gasteiger partial charge >= 0.3 is 0 Å². The summed E-state index contributed by atoms with van der Waals surface area (Å²) in [5, 5.41) is 5.61. The summed E-state index contributed by atoms with van der Waals surface area (Å²) in [4.78, 5) is 12.0. The van der Waals surface area contributed by atoms with Crippen LogP contribution in [0.1, 0.15) is 12.0 Å². The first-order valence-corrected chi connectivity index (χ1v) is 8.07. The molecule has 2 rings (SSSR count). The van der Waals surface area contributed by atoms with Gasteiger partial charge in [-0.15, -0.1) is 0 Å². The number of nitrogens with zero attached hydrogens (tertiary/aromatic N) is 3. The molecule has 0 fully saturated rings. The van der Waals surface area contributed by atoms with E-state index in [0.29, 0.717) is 13.0 Å². The molecule has 1 aliphatic heterocycles. The molecule has 20 heavy (non-hydrogen) atoms. The molecule has 7 heteroatoms. The predicted octanol–water partition coefficient (Wildman–Crippen LogP) is 0.514. The van der Waals surface area contributed by atoms with Gasteiger partial charge in [0.05, 0.1) is 25.1 Å². The van der Waals surface area contributed by atoms with Gasteiger partial charge in [-0.25, -0.2) is 13.4 Å². The number of hydrogen-bond donors (Lipinski definition) is 0. The van der Waals surface area contributed by atoms with Crippen molar-refractivity contribution in [3.8, 4) is 0 Å². The molecule has 1 heterocycles. The average molecular weight is 295 g/mol. The van der Waals surface area contributed by atoms with E-state index in [2.05, 4.69) is 5.10 Å². The number of rotatable bonds is 4. The number of hydrogen-bond acceptors (Lipinski definition) is 4. The highest BCUT2D eigenvalue weighted by atomic mass is 32.2. The summed E-state index contributed by atoms with van der Waals surface area (Å²) in [7, 11) is -1.98. The Morgan fingerprint density at radius 1 is 1.35 bits per heavy atom. The molecule has 0 saturated carbocycles. The summed E-state index contributed by atoms with van der Waals surface area (Å²) >= 11 is 0. The Bertz CT molecular complexity index is 626. The van der Waals surface area contributed by atoms with Crippen molar-refractivity contribution in [3.05, 3.63) is 35.9 Å². The summed E-state index contributed by atoms with van der Waals surface area (Å²) in [6.07, 6.45) is 1.75. The molecule has 1 amide bonds. The number of benzene rings is 1. The fourth-order valence-corrected chi connectivity index (χ4v) is 2.20. The number of likely N-dealkylation sites (N-methyl/N-ethyl adjacent to an activating group) is 1. The van der Waals surface area contributed by atoms with Crippen LogP contribution in [-0.4, -0.2) is 55.7 Å². The van der Waals surface area contributed by atoms with E-state index in [-0.39, 0.29) is 12.5 Å². The zero-order chi connectivity index (χ0) is 14.8. The molecule has 0 aliphatic carbocycles. The smallest absolute Gasteiger partial charge is 0.257 e. The van der Waals surface area contributed by atoms with Crippen molar-refractivity contribution in [2.24, 2.45) is 5.10 Å². The summed E-state index contributed by atoms with van der Waals surface area (Å²) in [6, 6.07) is 9.63. The van der Waals surface area contributed by atoms with Crippen LogP contribution in [0, 0.1) is 0 Å². The van der Waals surface area contributed by atoms with E-state index in [1.165, 1.54) is 12.1 Å². The van der Waals surface area contributed by atoms with Crippen LogP contribution in [0.25, 0.3) is 0 Å². The SMILES string of the molecule is CN(CC(=O)N1CCC(c2ccccc2)=N1)S(C)(=O)=O. The predicted molar refractivity (Wildman–Crippen MR) is 76.8 cm³/mol. The maximum atomic E-state index is 12.0. The van der Waals surface area contributed by atoms with Crippen molar-refractivity contribution in [2.45, 2.75) is 6.42 Å². The maximum Gasteiger partial charge on any atom is 0.257 e. The van der Waals surface area contributed by atoms with E-state index in [9.17, 15) is 13.2 Å². The minimum atomic E-state index is -3.36. The van der Waals surface area contributed by atoms with Crippen molar-refractivity contribution in [1.82, 2.24) is 9.31 Å². The lowest BCUT2D eigenvalue weighted by Crippen LogP contribution is -2.37. The molecule has 1 aromatic carbocycles. The maximum absolute atomic E-state index is 12.0. The highest BCUT2D eigenvalue weighted by molar-refractivity contribution is 7.88. The Morgan fingerprint density at radius 3 is 2.60 bits per heavy atom. The highest BCUT2D eigenvalue weighted by Crippen LogP contribution is 2.14. The minimum absolute atomic E-state index is 0.190. The lowest BCUT2D eigenvalue weighted by Gasteiger charge is -2.17. The van der Waals surface area contributed by atoms with E-state index in [4.69, 9.17) is 0 Å². The van der Waals surface area contributed by atoms with Gasteiger partial charge in [-0.2, -0.15) is 9.41 Å². The lowest BCUT2D eigenvalue weighted by molar-refractivity contribution is -0.130. The number of carbonyl (C=O) groups is 1. The molecule has 108 valence electrons. The number of sulfonamides is 1. The zero-order valence-corrected chi connectivity index (χ0v) is 12.3. The van der Waals surface area contributed by atoms with Gasteiger partial charge in [-0.05, 0) is 5.56 Å². The molecule has 0 N–H and O–H groups in total. The van der Waals surface area contributed by atoms with E-state index in [1.54, 1.807) is 0 Å². The van der Waals surface area contributed by atoms with Gasteiger partial charge in [0.25, 0.3) is 5.91 Å². The van der Waals surface area contributed by atoms with Crippen molar-refractivity contribution in [1.29, 1.82) is 0 Å². The van der Waals surface area contributed by atoms with Gasteiger partial charge in [0.1, 0.15) is 0 Å². The Morgan fingerprint density at radius 2 is 2.00 bits per heavy atom. The topological polar surface area (TPSA) is 70.1 Å². The van der Waals surface area contributed by atoms with E-state index < -0.39 is 10.0 Å². The molecule has 0 bridgehead atoms.